The van der Waals surface area contributed by atoms with E-state index in [0.29, 0.717) is 6.42 Å². The fourth-order valence-electron chi connectivity index (χ4n) is 1.47. The summed E-state index contributed by atoms with van der Waals surface area (Å²) >= 11 is 4.12. The number of hydrogen-bond acceptors (Lipinski definition) is 3. The molecule has 0 bridgehead atoms. The van der Waals surface area contributed by atoms with Crippen LogP contribution in [0.5, 0.6) is 0 Å². The normalized spacial score (nSPS) is 30.0. The van der Waals surface area contributed by atoms with Crippen molar-refractivity contribution in [2.45, 2.75) is 24.5 Å². The third-order valence-electron chi connectivity index (χ3n) is 2.21. The standard InChI is InChI=1S/C8H13NO2S/c1-9-8(11)5-3-2-4-6(12)7(5)10/h5-6,12H,2-4H2,1H3,(H,9,11). The number of hydrogen-bond donors (Lipinski definition) is 2. The van der Waals surface area contributed by atoms with Crippen molar-refractivity contribution in [2.75, 3.05) is 7.05 Å². The fourth-order valence-corrected chi connectivity index (χ4v) is 1.83. The molecule has 1 aliphatic rings. The van der Waals surface area contributed by atoms with Crippen LogP contribution in [0.15, 0.2) is 0 Å². The zero-order valence-corrected chi connectivity index (χ0v) is 7.93. The van der Waals surface area contributed by atoms with E-state index >= 15 is 0 Å². The van der Waals surface area contributed by atoms with Crippen LogP contribution in [0.1, 0.15) is 19.3 Å². The van der Waals surface area contributed by atoms with Gasteiger partial charge in [-0.05, 0) is 12.8 Å². The lowest BCUT2D eigenvalue weighted by molar-refractivity contribution is -0.134. The van der Waals surface area contributed by atoms with Crippen molar-refractivity contribution >= 4 is 24.3 Å². The first-order valence-corrected chi connectivity index (χ1v) is 4.62. The smallest absolute Gasteiger partial charge is 0.230 e. The lowest BCUT2D eigenvalue weighted by Gasteiger charge is -2.23. The van der Waals surface area contributed by atoms with Gasteiger partial charge in [-0.25, -0.2) is 0 Å². The van der Waals surface area contributed by atoms with E-state index in [9.17, 15) is 9.59 Å². The summed E-state index contributed by atoms with van der Waals surface area (Å²) in [6.07, 6.45) is 2.39. The minimum atomic E-state index is -0.453. The molecule has 1 aliphatic carbocycles. The Kier molecular flexibility index (Phi) is 3.14. The lowest BCUT2D eigenvalue weighted by atomic mass is 9.87. The Morgan fingerprint density at radius 3 is 2.83 bits per heavy atom. The molecule has 1 N–H and O–H groups in total. The van der Waals surface area contributed by atoms with Gasteiger partial charge in [0.25, 0.3) is 0 Å². The van der Waals surface area contributed by atoms with Crippen molar-refractivity contribution in [3.63, 3.8) is 0 Å². The van der Waals surface area contributed by atoms with Gasteiger partial charge in [-0.1, -0.05) is 6.42 Å². The average molecular weight is 187 g/mol. The maximum absolute atomic E-state index is 11.4. The summed E-state index contributed by atoms with van der Waals surface area (Å²) < 4.78 is 0. The van der Waals surface area contributed by atoms with Gasteiger partial charge in [0, 0.05) is 7.05 Å². The number of thiol groups is 1. The Bertz CT molecular complexity index is 205. The summed E-state index contributed by atoms with van der Waals surface area (Å²) in [6, 6.07) is 0. The molecule has 3 nitrogen and oxygen atoms in total. The summed E-state index contributed by atoms with van der Waals surface area (Å²) in [6.45, 7) is 0. The number of carbonyl (C=O) groups excluding carboxylic acids is 2. The summed E-state index contributed by atoms with van der Waals surface area (Å²) in [7, 11) is 1.55. The molecule has 12 heavy (non-hydrogen) atoms. The second-order valence-corrected chi connectivity index (χ2v) is 3.64. The lowest BCUT2D eigenvalue weighted by Crippen LogP contribution is -2.39. The van der Waals surface area contributed by atoms with E-state index < -0.39 is 5.92 Å². The SMILES string of the molecule is CNC(=O)C1CCCC(S)C1=O. The number of Topliss-reactive ketones (excluding diaryl/α,β-unsaturated/α-hetero) is 1. The molecule has 0 radical (unpaired) electrons. The van der Waals surface area contributed by atoms with Crippen molar-refractivity contribution < 1.29 is 9.59 Å². The van der Waals surface area contributed by atoms with Crippen LogP contribution < -0.4 is 5.32 Å². The molecule has 0 saturated heterocycles. The molecule has 1 saturated carbocycles. The van der Waals surface area contributed by atoms with E-state index in [1.807, 2.05) is 0 Å². The van der Waals surface area contributed by atoms with Crippen molar-refractivity contribution in [2.24, 2.45) is 5.92 Å². The number of nitrogens with one attached hydrogen (secondary N) is 1. The summed E-state index contributed by atoms with van der Waals surface area (Å²) in [5, 5.41) is 2.26. The van der Waals surface area contributed by atoms with Crippen LogP contribution in [-0.4, -0.2) is 24.0 Å². The molecule has 1 amide bonds. The van der Waals surface area contributed by atoms with Gasteiger partial charge in [-0.15, -0.1) is 0 Å². The molecule has 68 valence electrons. The molecule has 0 spiro atoms. The Labute approximate surface area is 77.3 Å². The Hall–Kier alpha value is -0.510. The first kappa shape index (κ1) is 9.58. The predicted octanol–water partition coefficient (Wildman–Crippen LogP) is 0.400. The van der Waals surface area contributed by atoms with E-state index in [-0.39, 0.29) is 16.9 Å². The van der Waals surface area contributed by atoms with Gasteiger partial charge in [0.05, 0.1) is 11.2 Å². The molecule has 2 unspecified atom stereocenters. The topological polar surface area (TPSA) is 46.2 Å². The van der Waals surface area contributed by atoms with Crippen LogP contribution in [0.2, 0.25) is 0 Å². The summed E-state index contributed by atoms with van der Waals surface area (Å²) in [4.78, 5) is 22.5. The number of rotatable bonds is 1. The summed E-state index contributed by atoms with van der Waals surface area (Å²) in [5.74, 6) is -0.645. The maximum atomic E-state index is 11.4. The van der Waals surface area contributed by atoms with Gasteiger partial charge in [-0.2, -0.15) is 12.6 Å². The Balaban J connectivity index is 2.64. The van der Waals surface area contributed by atoms with Crippen LogP contribution >= 0.6 is 12.6 Å². The number of ketones is 1. The second-order valence-electron chi connectivity index (χ2n) is 3.02. The fraction of sp³-hybridized carbons (Fsp3) is 0.750. The van der Waals surface area contributed by atoms with E-state index in [1.54, 1.807) is 7.05 Å². The molecule has 0 aromatic heterocycles. The average Bonchev–Trinajstić information content (AvgIpc) is 2.08. The van der Waals surface area contributed by atoms with Crippen LogP contribution in [0.3, 0.4) is 0 Å². The quantitative estimate of drug-likeness (QED) is 0.461. The molecular formula is C8H13NO2S. The number of carbonyl (C=O) groups is 2. The molecule has 1 rings (SSSR count). The molecular weight excluding hydrogens is 174 g/mol. The molecule has 2 atom stereocenters. The molecule has 0 aromatic rings. The van der Waals surface area contributed by atoms with Gasteiger partial charge >= 0.3 is 0 Å². The van der Waals surface area contributed by atoms with Gasteiger partial charge in [0.2, 0.25) is 5.91 Å². The first-order valence-electron chi connectivity index (χ1n) is 4.10. The van der Waals surface area contributed by atoms with Gasteiger partial charge in [-0.3, -0.25) is 9.59 Å². The Morgan fingerprint density at radius 1 is 1.58 bits per heavy atom. The highest BCUT2D eigenvalue weighted by Gasteiger charge is 2.33. The summed E-state index contributed by atoms with van der Waals surface area (Å²) in [5.41, 5.74) is 0. The molecule has 0 heterocycles. The van der Waals surface area contributed by atoms with E-state index in [0.717, 1.165) is 12.8 Å². The van der Waals surface area contributed by atoms with Crippen LogP contribution in [-0.2, 0) is 9.59 Å². The predicted molar refractivity (Wildman–Crippen MR) is 49.2 cm³/mol. The molecule has 0 aliphatic heterocycles. The zero-order chi connectivity index (χ0) is 9.14. The maximum Gasteiger partial charge on any atom is 0.230 e. The van der Waals surface area contributed by atoms with Crippen molar-refractivity contribution in [1.29, 1.82) is 0 Å². The van der Waals surface area contributed by atoms with E-state index in [4.69, 9.17) is 0 Å². The van der Waals surface area contributed by atoms with E-state index in [1.165, 1.54) is 0 Å². The van der Waals surface area contributed by atoms with Gasteiger partial charge in [0.1, 0.15) is 0 Å². The van der Waals surface area contributed by atoms with Crippen molar-refractivity contribution in [1.82, 2.24) is 5.32 Å². The van der Waals surface area contributed by atoms with Crippen LogP contribution in [0.4, 0.5) is 0 Å². The third kappa shape index (κ3) is 1.80. The highest BCUT2D eigenvalue weighted by Crippen LogP contribution is 2.24. The Morgan fingerprint density at radius 2 is 2.25 bits per heavy atom. The molecule has 4 heteroatoms. The minimum Gasteiger partial charge on any atom is -0.359 e. The van der Waals surface area contributed by atoms with Crippen molar-refractivity contribution in [3.8, 4) is 0 Å². The van der Waals surface area contributed by atoms with Crippen molar-refractivity contribution in [3.05, 3.63) is 0 Å². The van der Waals surface area contributed by atoms with E-state index in [2.05, 4.69) is 17.9 Å². The third-order valence-corrected chi connectivity index (χ3v) is 2.72. The molecule has 1 fully saturated rings. The van der Waals surface area contributed by atoms with Gasteiger partial charge < -0.3 is 5.32 Å². The minimum absolute atomic E-state index is 0.0241. The molecule has 0 aromatic carbocycles. The monoisotopic (exact) mass is 187 g/mol. The van der Waals surface area contributed by atoms with Gasteiger partial charge in [0.15, 0.2) is 5.78 Å². The largest absolute Gasteiger partial charge is 0.359 e. The zero-order valence-electron chi connectivity index (χ0n) is 7.04. The second kappa shape index (κ2) is 3.94. The number of amides is 1. The first-order chi connectivity index (χ1) is 5.66. The highest BCUT2D eigenvalue weighted by molar-refractivity contribution is 7.81. The highest BCUT2D eigenvalue weighted by atomic mass is 32.1. The van der Waals surface area contributed by atoms with Crippen LogP contribution in [0, 0.1) is 5.92 Å². The van der Waals surface area contributed by atoms with Crippen LogP contribution in [0.25, 0.3) is 0 Å².